The van der Waals surface area contributed by atoms with Crippen LogP contribution in [0.4, 0.5) is 0 Å². The van der Waals surface area contributed by atoms with Crippen LogP contribution in [0.5, 0.6) is 0 Å². The van der Waals surface area contributed by atoms with Gasteiger partial charge in [-0.2, -0.15) is 0 Å². The fourth-order valence-corrected chi connectivity index (χ4v) is 3.47. The second-order valence-corrected chi connectivity index (χ2v) is 8.10. The molecule has 0 aliphatic carbocycles. The lowest BCUT2D eigenvalue weighted by atomic mass is 9.84. The maximum absolute atomic E-state index is 12.8. The summed E-state index contributed by atoms with van der Waals surface area (Å²) in [5, 5.41) is 0. The van der Waals surface area contributed by atoms with Gasteiger partial charge in [0, 0.05) is 38.3 Å². The van der Waals surface area contributed by atoms with E-state index in [1.807, 2.05) is 30.9 Å². The average molecular weight is 394 g/mol. The highest BCUT2D eigenvalue weighted by atomic mass is 16.2. The molecule has 7 heteroatoms. The molecule has 1 aromatic carbocycles. The number of aromatic nitrogens is 1. The quantitative estimate of drug-likeness (QED) is 0.761. The van der Waals surface area contributed by atoms with Gasteiger partial charge in [-0.3, -0.25) is 30.2 Å². The summed E-state index contributed by atoms with van der Waals surface area (Å²) in [6.45, 7) is 5.06. The number of hydrogen-bond donors (Lipinski definition) is 2. The SMILES string of the molecule is CC(C)(CC(=O)NNC(=O)c1cccnc1)CC(=O)N1CCc2ccccc2C1. The van der Waals surface area contributed by atoms with Gasteiger partial charge in [-0.25, -0.2) is 0 Å². The first-order valence-corrected chi connectivity index (χ1v) is 9.68. The van der Waals surface area contributed by atoms with Gasteiger partial charge < -0.3 is 4.90 Å². The van der Waals surface area contributed by atoms with E-state index in [-0.39, 0.29) is 24.7 Å². The number of benzene rings is 1. The summed E-state index contributed by atoms with van der Waals surface area (Å²) in [7, 11) is 0. The smallest absolute Gasteiger partial charge is 0.271 e. The molecule has 2 aromatic rings. The van der Waals surface area contributed by atoms with E-state index in [4.69, 9.17) is 0 Å². The highest BCUT2D eigenvalue weighted by molar-refractivity contribution is 5.95. The first kappa shape index (κ1) is 20.5. The van der Waals surface area contributed by atoms with Crippen molar-refractivity contribution >= 4 is 17.7 Å². The van der Waals surface area contributed by atoms with E-state index in [0.717, 1.165) is 6.42 Å². The Morgan fingerprint density at radius 1 is 1.03 bits per heavy atom. The lowest BCUT2D eigenvalue weighted by Gasteiger charge is -2.32. The molecule has 1 aromatic heterocycles. The summed E-state index contributed by atoms with van der Waals surface area (Å²) in [5.41, 5.74) is 7.08. The summed E-state index contributed by atoms with van der Waals surface area (Å²) in [5.74, 6) is -0.743. The molecule has 3 rings (SSSR count). The van der Waals surface area contributed by atoms with Crippen LogP contribution in [-0.2, 0) is 22.6 Å². The predicted octanol–water partition coefficient (Wildman–Crippen LogP) is 2.23. The molecule has 2 N–H and O–H groups in total. The van der Waals surface area contributed by atoms with Crippen molar-refractivity contribution in [2.75, 3.05) is 6.54 Å². The zero-order chi connectivity index (χ0) is 20.9. The summed E-state index contributed by atoms with van der Waals surface area (Å²) in [6, 6.07) is 11.4. The Balaban J connectivity index is 1.48. The molecule has 152 valence electrons. The van der Waals surface area contributed by atoms with Crippen LogP contribution in [0.2, 0.25) is 0 Å². The van der Waals surface area contributed by atoms with Crippen molar-refractivity contribution in [3.05, 3.63) is 65.5 Å². The summed E-state index contributed by atoms with van der Waals surface area (Å²) < 4.78 is 0. The Morgan fingerprint density at radius 2 is 1.79 bits per heavy atom. The molecule has 0 spiro atoms. The van der Waals surface area contributed by atoms with Gasteiger partial charge in [0.05, 0.1) is 5.56 Å². The lowest BCUT2D eigenvalue weighted by molar-refractivity contribution is -0.135. The van der Waals surface area contributed by atoms with E-state index < -0.39 is 11.3 Å². The monoisotopic (exact) mass is 394 g/mol. The second-order valence-electron chi connectivity index (χ2n) is 8.10. The van der Waals surface area contributed by atoms with Crippen LogP contribution in [0, 0.1) is 5.41 Å². The highest BCUT2D eigenvalue weighted by Crippen LogP contribution is 2.28. The first-order valence-electron chi connectivity index (χ1n) is 9.68. The zero-order valence-corrected chi connectivity index (χ0v) is 16.8. The third-order valence-electron chi connectivity index (χ3n) is 4.99. The number of rotatable bonds is 5. The maximum atomic E-state index is 12.8. The molecule has 2 heterocycles. The van der Waals surface area contributed by atoms with Crippen LogP contribution in [0.25, 0.3) is 0 Å². The molecule has 29 heavy (non-hydrogen) atoms. The third kappa shape index (κ3) is 5.63. The average Bonchev–Trinajstić information content (AvgIpc) is 2.71. The molecule has 0 radical (unpaired) electrons. The molecule has 0 saturated carbocycles. The molecule has 1 aliphatic rings. The van der Waals surface area contributed by atoms with Crippen molar-refractivity contribution in [2.45, 2.75) is 39.7 Å². The standard InChI is InChI=1S/C22H26N4O3/c1-22(2,12-19(27)24-25-21(29)17-8-5-10-23-14-17)13-20(28)26-11-9-16-6-3-4-7-18(16)15-26/h3-8,10,14H,9,11-13,15H2,1-2H3,(H,24,27)(H,25,29). The van der Waals surface area contributed by atoms with Crippen LogP contribution in [0.15, 0.2) is 48.8 Å². The molecule has 0 atom stereocenters. The first-order chi connectivity index (χ1) is 13.8. The zero-order valence-electron chi connectivity index (χ0n) is 16.8. The fraction of sp³-hybridized carbons (Fsp3) is 0.364. The van der Waals surface area contributed by atoms with Crippen LogP contribution >= 0.6 is 0 Å². The normalized spacial score (nSPS) is 13.4. The molecule has 0 fully saturated rings. The Morgan fingerprint density at radius 3 is 2.52 bits per heavy atom. The maximum Gasteiger partial charge on any atom is 0.271 e. The van der Waals surface area contributed by atoms with Gasteiger partial charge in [0.2, 0.25) is 11.8 Å². The van der Waals surface area contributed by atoms with Crippen LogP contribution in [0.1, 0.15) is 48.2 Å². The van der Waals surface area contributed by atoms with E-state index in [1.165, 1.54) is 17.3 Å². The van der Waals surface area contributed by atoms with Crippen LogP contribution in [-0.4, -0.2) is 34.2 Å². The minimum atomic E-state index is -0.531. The molecular formula is C22H26N4O3. The number of pyridine rings is 1. The Kier molecular flexibility index (Phi) is 6.26. The predicted molar refractivity (Wildman–Crippen MR) is 108 cm³/mol. The van der Waals surface area contributed by atoms with Crippen LogP contribution in [0.3, 0.4) is 0 Å². The molecule has 0 unspecified atom stereocenters. The Hall–Kier alpha value is -3.22. The van der Waals surface area contributed by atoms with Gasteiger partial charge in [-0.1, -0.05) is 38.1 Å². The molecule has 0 saturated heterocycles. The molecular weight excluding hydrogens is 368 g/mol. The number of fused-ring (bicyclic) bond motifs is 1. The lowest BCUT2D eigenvalue weighted by Crippen LogP contribution is -2.44. The van der Waals surface area contributed by atoms with Crippen molar-refractivity contribution in [1.82, 2.24) is 20.7 Å². The Labute approximate surface area is 170 Å². The third-order valence-corrected chi connectivity index (χ3v) is 4.99. The largest absolute Gasteiger partial charge is 0.338 e. The summed E-state index contributed by atoms with van der Waals surface area (Å²) in [4.78, 5) is 42.7. The molecule has 1 aliphatic heterocycles. The van der Waals surface area contributed by atoms with Gasteiger partial charge in [0.15, 0.2) is 0 Å². The van der Waals surface area contributed by atoms with E-state index in [1.54, 1.807) is 18.3 Å². The van der Waals surface area contributed by atoms with Crippen LogP contribution < -0.4 is 10.9 Å². The van der Waals surface area contributed by atoms with E-state index >= 15 is 0 Å². The number of nitrogens with one attached hydrogen (secondary N) is 2. The minimum absolute atomic E-state index is 0.0386. The fourth-order valence-electron chi connectivity index (χ4n) is 3.47. The summed E-state index contributed by atoms with van der Waals surface area (Å²) >= 11 is 0. The number of nitrogens with zero attached hydrogens (tertiary/aromatic N) is 2. The van der Waals surface area contributed by atoms with Gasteiger partial charge >= 0.3 is 0 Å². The highest BCUT2D eigenvalue weighted by Gasteiger charge is 2.29. The van der Waals surface area contributed by atoms with Crippen molar-refractivity contribution in [1.29, 1.82) is 0 Å². The van der Waals surface area contributed by atoms with E-state index in [2.05, 4.69) is 28.0 Å². The number of amides is 3. The topological polar surface area (TPSA) is 91.4 Å². The molecule has 3 amide bonds. The van der Waals surface area contributed by atoms with Gasteiger partial charge in [0.25, 0.3) is 5.91 Å². The number of carbonyl (C=O) groups excluding carboxylic acids is 3. The van der Waals surface area contributed by atoms with Gasteiger partial charge in [0.1, 0.15) is 0 Å². The Bertz CT molecular complexity index is 896. The van der Waals surface area contributed by atoms with Crippen molar-refractivity contribution < 1.29 is 14.4 Å². The van der Waals surface area contributed by atoms with E-state index in [0.29, 0.717) is 18.7 Å². The number of hydrogen-bond acceptors (Lipinski definition) is 4. The van der Waals surface area contributed by atoms with Gasteiger partial charge in [-0.05, 0) is 35.1 Å². The van der Waals surface area contributed by atoms with E-state index in [9.17, 15) is 14.4 Å². The van der Waals surface area contributed by atoms with Crippen molar-refractivity contribution in [3.63, 3.8) is 0 Å². The van der Waals surface area contributed by atoms with Gasteiger partial charge in [-0.15, -0.1) is 0 Å². The van der Waals surface area contributed by atoms with Crippen molar-refractivity contribution in [2.24, 2.45) is 5.41 Å². The number of hydrazine groups is 1. The second kappa shape index (κ2) is 8.86. The number of carbonyl (C=O) groups is 3. The minimum Gasteiger partial charge on any atom is -0.338 e. The molecule has 0 bridgehead atoms. The summed E-state index contributed by atoms with van der Waals surface area (Å²) in [6.07, 6.45) is 4.22. The molecule has 7 nitrogen and oxygen atoms in total. The van der Waals surface area contributed by atoms with Crippen molar-refractivity contribution in [3.8, 4) is 0 Å².